The molecule has 1 aromatic carbocycles. The number of benzene rings is 1. The summed E-state index contributed by atoms with van der Waals surface area (Å²) in [4.78, 5) is 57.2. The van der Waals surface area contributed by atoms with Crippen LogP contribution in [0.2, 0.25) is 0 Å². The van der Waals surface area contributed by atoms with Gasteiger partial charge in [0.05, 0.1) is 42.8 Å². The number of cyclic esters (lactones) is 1. The van der Waals surface area contributed by atoms with Gasteiger partial charge in [0.15, 0.2) is 12.1 Å². The number of aliphatic hydroxyl groups excluding tert-OH is 1. The fraction of sp³-hybridized carbons (Fsp3) is 0.698. The summed E-state index contributed by atoms with van der Waals surface area (Å²) < 4.78 is 50.2. The van der Waals surface area contributed by atoms with E-state index < -0.39 is 95.1 Å². The lowest BCUT2D eigenvalue weighted by Crippen LogP contribution is -2.61. The number of likely N-dealkylation sites (N-methyl/N-ethyl adjacent to an activating group) is 1. The predicted octanol–water partition coefficient (Wildman–Crippen LogP) is 3.38. The van der Waals surface area contributed by atoms with Gasteiger partial charge in [-0.25, -0.2) is 14.2 Å². The standard InChI is InChI=1S/C43H64FN7O11/c1-12-32-43(9,56)37-25(4)33(48-27(6)52)23(2)18-41(7,58-21-29(20-57-37)49-59-19-28-13-15-30(16-14-28)51-40(45)46-22-47-51)36(26(5)35(54)42(8,44)39(55)61-32)62-38-34(53)31(50(10)11)17-24(3)60-38/h13-16,22-26,31-32,34,36-38,53,56H,12,17-21H2,1-11H3,(H2,45,46,47)/b48-33?,49-29+/t23-,24-,25+,26+,31+,32-,34-,36-,37+,38+,41-,42+,43-/m1/s1. The number of nitrogen functional groups attached to an aromatic ring is 1. The zero-order chi connectivity index (χ0) is 45.9. The van der Waals surface area contributed by atoms with E-state index in [4.69, 9.17) is 34.3 Å². The lowest BCUT2D eigenvalue weighted by Gasteiger charge is -2.47. The van der Waals surface area contributed by atoms with E-state index in [0.717, 1.165) is 12.5 Å². The molecular formula is C43H64FN7O11. The van der Waals surface area contributed by atoms with Gasteiger partial charge in [-0.3, -0.25) is 9.59 Å². The van der Waals surface area contributed by atoms with Crippen molar-refractivity contribution in [2.45, 2.75) is 148 Å². The van der Waals surface area contributed by atoms with Gasteiger partial charge in [-0.05, 0) is 84.7 Å². The molecule has 62 heavy (non-hydrogen) atoms. The normalized spacial score (nSPS) is 38.0. The first kappa shape index (κ1) is 48.8. The Balaban J connectivity index is 1.65. The van der Waals surface area contributed by atoms with Crippen LogP contribution in [0.25, 0.3) is 5.69 Å². The zero-order valence-corrected chi connectivity index (χ0v) is 37.6. The van der Waals surface area contributed by atoms with Gasteiger partial charge in [0.1, 0.15) is 36.5 Å². The molecule has 2 aromatic rings. The second-order valence-electron chi connectivity index (χ2n) is 17.7. The highest BCUT2D eigenvalue weighted by Gasteiger charge is 2.56. The molecule has 4 heterocycles. The highest BCUT2D eigenvalue weighted by atomic mass is 19.1. The summed E-state index contributed by atoms with van der Waals surface area (Å²) in [7, 11) is 3.63. The summed E-state index contributed by atoms with van der Waals surface area (Å²) in [6.45, 7) is 13.0. The first-order valence-electron chi connectivity index (χ1n) is 21.1. The molecule has 3 fully saturated rings. The summed E-state index contributed by atoms with van der Waals surface area (Å²) in [6, 6.07) is 6.78. The van der Waals surface area contributed by atoms with Crippen LogP contribution >= 0.6 is 0 Å². The number of rotatable bonds is 8. The van der Waals surface area contributed by atoms with Gasteiger partial charge in [0, 0.05) is 30.5 Å². The number of aromatic nitrogens is 3. The Hall–Kier alpha value is -4.24. The zero-order valence-electron chi connectivity index (χ0n) is 37.6. The maximum Gasteiger partial charge on any atom is 0.351 e. The van der Waals surface area contributed by atoms with Gasteiger partial charge in [-0.15, -0.1) is 0 Å². The molecule has 0 radical (unpaired) electrons. The van der Waals surface area contributed by atoms with Crippen LogP contribution in [-0.2, 0) is 49.5 Å². The third kappa shape index (κ3) is 10.6. The third-order valence-electron chi connectivity index (χ3n) is 12.3. The highest BCUT2D eigenvalue weighted by molar-refractivity contribution is 6.08. The highest BCUT2D eigenvalue weighted by Crippen LogP contribution is 2.41. The number of esters is 1. The number of aliphatic imine (C=N–C) groups is 1. The molecule has 0 unspecified atom stereocenters. The minimum absolute atomic E-state index is 0.00247. The average Bonchev–Trinajstić information content (AvgIpc) is 3.64. The number of hydrogen-bond acceptors (Lipinski definition) is 16. The molecular weight excluding hydrogens is 810 g/mol. The quantitative estimate of drug-likeness (QED) is 0.196. The number of ether oxygens (including phenoxy) is 5. The van der Waals surface area contributed by atoms with Crippen LogP contribution in [0, 0.1) is 17.8 Å². The van der Waals surface area contributed by atoms with Crippen molar-refractivity contribution in [3.05, 3.63) is 36.2 Å². The number of carbonyl (C=O) groups excluding carboxylic acids is 3. The Morgan fingerprint density at radius 3 is 2.37 bits per heavy atom. The maximum absolute atomic E-state index is 16.9. The molecule has 19 heteroatoms. The monoisotopic (exact) mass is 873 g/mol. The van der Waals surface area contributed by atoms with Crippen LogP contribution in [0.5, 0.6) is 0 Å². The Labute approximate surface area is 362 Å². The Morgan fingerprint density at radius 2 is 1.77 bits per heavy atom. The summed E-state index contributed by atoms with van der Waals surface area (Å²) in [5.74, 6) is -5.91. The third-order valence-corrected chi connectivity index (χ3v) is 12.3. The number of halogens is 1. The van der Waals surface area contributed by atoms with Crippen LogP contribution < -0.4 is 5.73 Å². The van der Waals surface area contributed by atoms with E-state index in [-0.39, 0.29) is 44.3 Å². The lowest BCUT2D eigenvalue weighted by molar-refractivity contribution is -0.296. The van der Waals surface area contributed by atoms with Gasteiger partial charge >= 0.3 is 5.97 Å². The number of oxime groups is 1. The van der Waals surface area contributed by atoms with Crippen molar-refractivity contribution in [1.29, 1.82) is 0 Å². The molecule has 5 rings (SSSR count). The van der Waals surface area contributed by atoms with Crippen LogP contribution in [0.1, 0.15) is 87.1 Å². The number of nitrogens with zero attached hydrogens (tertiary/aromatic N) is 6. The van der Waals surface area contributed by atoms with E-state index in [2.05, 4.69) is 20.2 Å². The number of alkyl halides is 1. The smallest absolute Gasteiger partial charge is 0.351 e. The van der Waals surface area contributed by atoms with E-state index in [9.17, 15) is 24.6 Å². The molecule has 0 spiro atoms. The summed E-state index contributed by atoms with van der Waals surface area (Å²) >= 11 is 0. The first-order valence-corrected chi connectivity index (χ1v) is 21.1. The molecule has 344 valence electrons. The second kappa shape index (κ2) is 19.7. The minimum atomic E-state index is -3.23. The van der Waals surface area contributed by atoms with Crippen molar-refractivity contribution in [3.63, 3.8) is 0 Å². The fourth-order valence-electron chi connectivity index (χ4n) is 8.99. The second-order valence-corrected chi connectivity index (χ2v) is 17.7. The van der Waals surface area contributed by atoms with Crippen LogP contribution in [0.4, 0.5) is 10.3 Å². The number of hydrogen-bond donors (Lipinski definition) is 3. The van der Waals surface area contributed by atoms with Crippen molar-refractivity contribution in [1.82, 2.24) is 19.7 Å². The van der Waals surface area contributed by atoms with Gasteiger partial charge in [-0.2, -0.15) is 14.8 Å². The van der Waals surface area contributed by atoms with Gasteiger partial charge in [-0.1, -0.05) is 45.0 Å². The molecule has 0 saturated carbocycles. The molecule has 3 aliphatic rings. The number of Topliss-reactive ketones (excluding diaryl/α,β-unsaturated/α-hetero) is 1. The van der Waals surface area contributed by atoms with E-state index in [1.165, 1.54) is 31.8 Å². The molecule has 1 amide bonds. The number of nitrogens with two attached hydrogens (primary N) is 1. The van der Waals surface area contributed by atoms with Crippen molar-refractivity contribution >= 4 is 35.0 Å². The number of amides is 1. The molecule has 3 saturated heterocycles. The molecule has 1 aromatic heterocycles. The number of ketones is 1. The maximum atomic E-state index is 16.9. The number of aliphatic hydroxyl groups is 2. The van der Waals surface area contributed by atoms with E-state index in [1.807, 2.05) is 32.8 Å². The van der Waals surface area contributed by atoms with Gasteiger partial charge in [0.25, 0.3) is 5.67 Å². The fourth-order valence-corrected chi connectivity index (χ4v) is 8.99. The average molecular weight is 874 g/mol. The summed E-state index contributed by atoms with van der Waals surface area (Å²) in [6.07, 6.45) is -5.19. The Bertz CT molecular complexity index is 1960. The lowest BCUT2D eigenvalue weighted by atomic mass is 9.73. The van der Waals surface area contributed by atoms with E-state index >= 15 is 4.39 Å². The molecule has 0 aliphatic carbocycles. The van der Waals surface area contributed by atoms with E-state index in [1.54, 1.807) is 45.0 Å². The van der Waals surface area contributed by atoms with Crippen molar-refractivity contribution < 1.29 is 57.5 Å². The van der Waals surface area contributed by atoms with Crippen LogP contribution in [0.15, 0.2) is 40.7 Å². The molecule has 13 atom stereocenters. The molecule has 3 aliphatic heterocycles. The van der Waals surface area contributed by atoms with Crippen molar-refractivity contribution in [2.75, 3.05) is 33.0 Å². The molecule has 18 nitrogen and oxygen atoms in total. The van der Waals surface area contributed by atoms with Gasteiger partial charge in [0.2, 0.25) is 11.9 Å². The molecule has 2 bridgehead atoms. The number of carbonyl (C=O) groups is 3. The van der Waals surface area contributed by atoms with Crippen molar-refractivity contribution in [3.8, 4) is 5.69 Å². The topological polar surface area (TPSA) is 232 Å². The Kier molecular flexibility index (Phi) is 15.5. The predicted molar refractivity (Wildman–Crippen MR) is 225 cm³/mol. The number of fused-ring (bicyclic) bond motifs is 5. The largest absolute Gasteiger partial charge is 0.457 e. The summed E-state index contributed by atoms with van der Waals surface area (Å²) in [5, 5.41) is 32.6. The van der Waals surface area contributed by atoms with Crippen molar-refractivity contribution in [2.24, 2.45) is 27.9 Å². The first-order chi connectivity index (χ1) is 29.0. The molecule has 4 N–H and O–H groups in total. The SMILES string of the molecule is CC[C@H]1OC(=O)[C@@](C)(F)C(=O)[C@H](C)[C@@H](O[C@@H]2O[C@H](C)C[C@H](N(C)C)[C@H]2O)[C@@]2(C)C[C@@H](C)C(=NC(C)=O)[C@H](C)[C@H](OC/C(=N\OCc3ccc(-n4ncnc4N)cc3)CO2)[C@]1(C)O. The Morgan fingerprint density at radius 1 is 1.10 bits per heavy atom. The minimum Gasteiger partial charge on any atom is -0.457 e. The van der Waals surface area contributed by atoms with Crippen LogP contribution in [-0.4, -0.2) is 146 Å². The summed E-state index contributed by atoms with van der Waals surface area (Å²) in [5.41, 5.74) is 1.00. The van der Waals surface area contributed by atoms with Gasteiger partial charge < -0.3 is 49.4 Å². The van der Waals surface area contributed by atoms with Crippen LogP contribution in [0.3, 0.4) is 0 Å². The van der Waals surface area contributed by atoms with E-state index in [0.29, 0.717) is 17.8 Å². The number of anilines is 1.